The van der Waals surface area contributed by atoms with Crippen LogP contribution in [0, 0.1) is 11.3 Å². The monoisotopic (exact) mass is 245 g/mol. The van der Waals surface area contributed by atoms with Crippen molar-refractivity contribution >= 4 is 6.03 Å². The molecule has 0 spiro atoms. The number of rotatable bonds is 4. The molecule has 2 rings (SSSR count). The van der Waals surface area contributed by atoms with Crippen molar-refractivity contribution in [2.24, 2.45) is 0 Å². The van der Waals surface area contributed by atoms with Gasteiger partial charge < -0.3 is 15.4 Å². The van der Waals surface area contributed by atoms with Gasteiger partial charge in [-0.25, -0.2) is 4.79 Å². The summed E-state index contributed by atoms with van der Waals surface area (Å²) in [5.41, 5.74) is 1.77. The maximum Gasteiger partial charge on any atom is 0.336 e. The molecule has 1 saturated heterocycles. The number of urea groups is 1. The Morgan fingerprint density at radius 2 is 2.28 bits per heavy atom. The Bertz CT molecular complexity index is 490. The fourth-order valence-corrected chi connectivity index (χ4v) is 2.08. The second kappa shape index (κ2) is 5.92. The largest absolute Gasteiger partial charge is 0.498 e. The first-order valence-electron chi connectivity index (χ1n) is 6.00. The van der Waals surface area contributed by atoms with Gasteiger partial charge in [-0.05, 0) is 24.5 Å². The first-order valence-corrected chi connectivity index (χ1v) is 6.00. The summed E-state index contributed by atoms with van der Waals surface area (Å²) in [4.78, 5) is 13.1. The van der Waals surface area contributed by atoms with Crippen LogP contribution >= 0.6 is 0 Å². The Hall–Kier alpha value is -2.22. The molecule has 1 fully saturated rings. The van der Waals surface area contributed by atoms with Crippen LogP contribution in [0.15, 0.2) is 24.3 Å². The molecule has 94 valence electrons. The zero-order chi connectivity index (χ0) is 12.8. The van der Waals surface area contributed by atoms with E-state index in [9.17, 15) is 10.0 Å². The maximum atomic E-state index is 11.3. The highest BCUT2D eigenvalue weighted by molar-refractivity contribution is 5.76. The van der Waals surface area contributed by atoms with E-state index in [-0.39, 0.29) is 6.03 Å². The molecule has 0 unspecified atom stereocenters. The van der Waals surface area contributed by atoms with Crippen LogP contribution in [0.3, 0.4) is 0 Å². The molecule has 1 aliphatic heterocycles. The number of aryl methyl sites for hydroxylation is 1. The van der Waals surface area contributed by atoms with Gasteiger partial charge >= 0.3 is 12.1 Å². The predicted molar refractivity (Wildman–Crippen MR) is 69.5 cm³/mol. The highest BCUT2D eigenvalue weighted by Crippen LogP contribution is 2.11. The minimum atomic E-state index is 0.0102. The Balaban J connectivity index is 1.89. The van der Waals surface area contributed by atoms with Crippen LogP contribution in [0.2, 0.25) is 0 Å². The number of hydrogen-bond donors (Lipinski definition) is 1. The van der Waals surface area contributed by atoms with Crippen LogP contribution in [0.5, 0.6) is 0 Å². The van der Waals surface area contributed by atoms with Gasteiger partial charge in [0, 0.05) is 24.6 Å². The first kappa shape index (κ1) is 12.2. The molecule has 18 heavy (non-hydrogen) atoms. The van der Waals surface area contributed by atoms with E-state index in [1.54, 1.807) is 4.90 Å². The summed E-state index contributed by atoms with van der Waals surface area (Å²) >= 11 is 0. The Labute approximate surface area is 106 Å². The molecule has 1 N–H and O–H groups in total. The van der Waals surface area contributed by atoms with E-state index in [0.29, 0.717) is 0 Å². The summed E-state index contributed by atoms with van der Waals surface area (Å²) in [6.45, 7) is 2.23. The van der Waals surface area contributed by atoms with E-state index in [0.717, 1.165) is 43.6 Å². The SMILES string of the molecule is O=C1NCCN1CCCc1ccccc1C#[N+][O-]. The normalized spacial score (nSPS) is 14.0. The van der Waals surface area contributed by atoms with Gasteiger partial charge in [0.1, 0.15) is 5.56 Å². The van der Waals surface area contributed by atoms with Crippen molar-refractivity contribution in [3.05, 3.63) is 45.6 Å². The van der Waals surface area contributed by atoms with Crippen LogP contribution in [-0.4, -0.2) is 30.6 Å². The fraction of sp³-hybridized carbons (Fsp3) is 0.385. The Kier molecular flexibility index (Phi) is 4.02. The maximum absolute atomic E-state index is 11.3. The van der Waals surface area contributed by atoms with Crippen LogP contribution < -0.4 is 5.32 Å². The average molecular weight is 245 g/mol. The van der Waals surface area contributed by atoms with Gasteiger partial charge in [0.2, 0.25) is 0 Å². The zero-order valence-electron chi connectivity index (χ0n) is 10.1. The van der Waals surface area contributed by atoms with Gasteiger partial charge in [0.05, 0.1) is 0 Å². The summed E-state index contributed by atoms with van der Waals surface area (Å²) < 4.78 is 0. The number of hydrogen-bond acceptors (Lipinski definition) is 2. The summed E-state index contributed by atoms with van der Waals surface area (Å²) in [5, 5.41) is 15.7. The van der Waals surface area contributed by atoms with E-state index in [1.807, 2.05) is 24.3 Å². The Morgan fingerprint density at radius 1 is 1.44 bits per heavy atom. The molecule has 0 atom stereocenters. The molecule has 0 bridgehead atoms. The van der Waals surface area contributed by atoms with Gasteiger partial charge in [-0.15, -0.1) is 0 Å². The van der Waals surface area contributed by atoms with Crippen molar-refractivity contribution in [1.29, 1.82) is 0 Å². The molecule has 0 aromatic heterocycles. The Morgan fingerprint density at radius 3 is 3.00 bits per heavy atom. The standard InChI is InChI=1S/C13H15N3O2/c17-13-14-7-9-16(13)8-3-6-11-4-1-2-5-12(11)10-15-18/h1-2,4-5H,3,6-9H2,(H,14,17). The summed E-state index contributed by atoms with van der Waals surface area (Å²) in [5.74, 6) is 0. The summed E-state index contributed by atoms with van der Waals surface area (Å²) in [7, 11) is 0. The van der Waals surface area contributed by atoms with Gasteiger partial charge in [0.15, 0.2) is 0 Å². The molecule has 1 aromatic carbocycles. The molecule has 0 radical (unpaired) electrons. The fourth-order valence-electron chi connectivity index (χ4n) is 2.08. The molecule has 5 heteroatoms. The quantitative estimate of drug-likeness (QED) is 0.822. The van der Waals surface area contributed by atoms with Crippen LogP contribution in [0.1, 0.15) is 17.5 Å². The van der Waals surface area contributed by atoms with Gasteiger partial charge in [0.25, 0.3) is 0 Å². The second-order valence-electron chi connectivity index (χ2n) is 4.18. The third-order valence-electron chi connectivity index (χ3n) is 3.00. The van der Waals surface area contributed by atoms with E-state index in [4.69, 9.17) is 0 Å². The summed E-state index contributed by atoms with van der Waals surface area (Å²) in [6, 6.07) is 10.0. The smallest absolute Gasteiger partial charge is 0.336 e. The topological polar surface area (TPSA) is 59.8 Å². The lowest BCUT2D eigenvalue weighted by Crippen LogP contribution is -2.29. The van der Waals surface area contributed by atoms with E-state index in [2.05, 4.69) is 16.4 Å². The van der Waals surface area contributed by atoms with Gasteiger partial charge in [-0.3, -0.25) is 0 Å². The van der Waals surface area contributed by atoms with Gasteiger partial charge in [-0.2, -0.15) is 0 Å². The molecule has 5 nitrogen and oxygen atoms in total. The number of carbonyl (C=O) groups excluding carboxylic acids is 1. The van der Waals surface area contributed by atoms with Crippen molar-refractivity contribution in [3.63, 3.8) is 0 Å². The molecular formula is C13H15N3O2. The third kappa shape index (κ3) is 2.92. The minimum Gasteiger partial charge on any atom is -0.498 e. The lowest BCUT2D eigenvalue weighted by atomic mass is 10.0. The van der Waals surface area contributed by atoms with Crippen LogP contribution in [0.4, 0.5) is 4.79 Å². The number of nitrogens with one attached hydrogen (secondary N) is 1. The number of benzene rings is 1. The summed E-state index contributed by atoms with van der Waals surface area (Å²) in [6.07, 6.45) is 1.67. The molecule has 0 saturated carbocycles. The van der Waals surface area contributed by atoms with Crippen molar-refractivity contribution < 1.29 is 4.79 Å². The van der Waals surface area contributed by atoms with Crippen LogP contribution in [-0.2, 0) is 6.42 Å². The predicted octanol–water partition coefficient (Wildman–Crippen LogP) is 1.82. The van der Waals surface area contributed by atoms with Crippen molar-refractivity contribution in [3.8, 4) is 6.07 Å². The number of amides is 2. The second-order valence-corrected chi connectivity index (χ2v) is 4.18. The lowest BCUT2D eigenvalue weighted by Gasteiger charge is -2.13. The van der Waals surface area contributed by atoms with Gasteiger partial charge in [-0.1, -0.05) is 18.2 Å². The van der Waals surface area contributed by atoms with Crippen LogP contribution in [0.25, 0.3) is 5.01 Å². The number of nitrogens with zero attached hydrogens (tertiary/aromatic N) is 2. The van der Waals surface area contributed by atoms with E-state index < -0.39 is 0 Å². The highest BCUT2D eigenvalue weighted by atomic mass is 16.4. The van der Waals surface area contributed by atoms with Crippen molar-refractivity contribution in [2.75, 3.05) is 19.6 Å². The van der Waals surface area contributed by atoms with E-state index in [1.165, 1.54) is 0 Å². The highest BCUT2D eigenvalue weighted by Gasteiger charge is 2.18. The van der Waals surface area contributed by atoms with Crippen molar-refractivity contribution in [2.45, 2.75) is 12.8 Å². The molecular weight excluding hydrogens is 230 g/mol. The molecule has 1 aliphatic rings. The van der Waals surface area contributed by atoms with Crippen molar-refractivity contribution in [1.82, 2.24) is 10.2 Å². The lowest BCUT2D eigenvalue weighted by molar-refractivity contribution is 0.217. The van der Waals surface area contributed by atoms with E-state index >= 15 is 0 Å². The third-order valence-corrected chi connectivity index (χ3v) is 3.00. The molecule has 0 aliphatic carbocycles. The number of carbonyl (C=O) groups is 1. The molecule has 2 amide bonds. The minimum absolute atomic E-state index is 0.0102. The first-order chi connectivity index (χ1) is 8.81. The average Bonchev–Trinajstić information content (AvgIpc) is 2.78. The molecule has 1 heterocycles. The zero-order valence-corrected chi connectivity index (χ0v) is 10.1. The molecule has 1 aromatic rings.